The number of carbonyl (C=O) groups is 2. The second-order valence-corrected chi connectivity index (χ2v) is 10.2. The van der Waals surface area contributed by atoms with Crippen molar-refractivity contribution in [2.75, 3.05) is 25.5 Å². The highest BCUT2D eigenvalue weighted by Gasteiger charge is 2.25. The third-order valence-electron chi connectivity index (χ3n) is 4.84. The molecule has 0 radical (unpaired) electrons. The van der Waals surface area contributed by atoms with Gasteiger partial charge < -0.3 is 10.2 Å². The Kier molecular flexibility index (Phi) is 6.95. The van der Waals surface area contributed by atoms with Crippen LogP contribution < -0.4 is 10.0 Å². The lowest BCUT2D eigenvalue weighted by molar-refractivity contribution is -0.116. The number of aryl methyl sites for hydroxylation is 1. The molecule has 0 heterocycles. The summed E-state index contributed by atoms with van der Waals surface area (Å²) >= 11 is 3.37. The third kappa shape index (κ3) is 5.90. The topological polar surface area (TPSA) is 95.6 Å². The molecule has 30 heavy (non-hydrogen) atoms. The summed E-state index contributed by atoms with van der Waals surface area (Å²) in [6.45, 7) is 2.12. The van der Waals surface area contributed by atoms with Crippen molar-refractivity contribution >= 4 is 43.5 Å². The summed E-state index contributed by atoms with van der Waals surface area (Å²) in [5, 5.41) is 2.78. The summed E-state index contributed by atoms with van der Waals surface area (Å²) < 4.78 is 28.4. The van der Waals surface area contributed by atoms with Gasteiger partial charge in [-0.3, -0.25) is 9.59 Å². The lowest BCUT2D eigenvalue weighted by Gasteiger charge is -2.18. The van der Waals surface area contributed by atoms with Crippen LogP contribution >= 0.6 is 15.9 Å². The minimum absolute atomic E-state index is 0.0392. The Balaban J connectivity index is 1.64. The lowest BCUT2D eigenvalue weighted by atomic mass is 10.2. The molecule has 160 valence electrons. The van der Waals surface area contributed by atoms with Gasteiger partial charge in [0.2, 0.25) is 15.9 Å². The predicted octanol–water partition coefficient (Wildman–Crippen LogP) is 3.16. The fraction of sp³-hybridized carbons (Fsp3) is 0.333. The number of nitrogens with zero attached hydrogens (tertiary/aromatic N) is 1. The molecule has 0 saturated heterocycles. The quantitative estimate of drug-likeness (QED) is 0.590. The van der Waals surface area contributed by atoms with Gasteiger partial charge in [0, 0.05) is 29.3 Å². The number of sulfonamides is 1. The SMILES string of the molecule is Cc1cc(Br)ccc1NC(=O)CN(C)C(=O)c1cccc(S(=O)(=O)NCC2CC2)c1. The number of nitrogens with one attached hydrogen (secondary N) is 2. The molecule has 0 atom stereocenters. The number of likely N-dealkylation sites (N-methyl/N-ethyl adjacent to an activating group) is 1. The summed E-state index contributed by atoms with van der Waals surface area (Å²) in [7, 11) is -2.17. The van der Waals surface area contributed by atoms with Crippen LogP contribution in [0.4, 0.5) is 5.69 Å². The van der Waals surface area contributed by atoms with Crippen LogP contribution in [-0.4, -0.2) is 45.3 Å². The molecule has 9 heteroatoms. The molecule has 0 unspecified atom stereocenters. The smallest absolute Gasteiger partial charge is 0.254 e. The fourth-order valence-electron chi connectivity index (χ4n) is 2.89. The van der Waals surface area contributed by atoms with E-state index in [9.17, 15) is 18.0 Å². The van der Waals surface area contributed by atoms with Crippen LogP contribution in [0.15, 0.2) is 51.8 Å². The summed E-state index contributed by atoms with van der Waals surface area (Å²) in [4.78, 5) is 26.4. The molecule has 1 fully saturated rings. The standard InChI is InChI=1S/C21H24BrN3O4S/c1-14-10-17(22)8-9-19(14)24-20(26)13-25(2)21(27)16-4-3-5-18(11-16)30(28,29)23-12-15-6-7-15/h3-5,8-11,15,23H,6-7,12-13H2,1-2H3,(H,24,26). The Hall–Kier alpha value is -2.23. The van der Waals surface area contributed by atoms with E-state index in [1.54, 1.807) is 6.07 Å². The van der Waals surface area contributed by atoms with E-state index in [-0.39, 0.29) is 22.9 Å². The second kappa shape index (κ2) is 9.28. The van der Waals surface area contributed by atoms with Crippen LogP contribution in [0.3, 0.4) is 0 Å². The monoisotopic (exact) mass is 493 g/mol. The Labute approximate surface area is 185 Å². The predicted molar refractivity (Wildman–Crippen MR) is 119 cm³/mol. The molecule has 2 aromatic carbocycles. The first-order valence-corrected chi connectivity index (χ1v) is 11.8. The summed E-state index contributed by atoms with van der Waals surface area (Å²) in [5.41, 5.74) is 1.77. The fourth-order valence-corrected chi connectivity index (χ4v) is 4.53. The minimum Gasteiger partial charge on any atom is -0.332 e. The van der Waals surface area contributed by atoms with E-state index in [2.05, 4.69) is 26.0 Å². The molecule has 0 aromatic heterocycles. The van der Waals surface area contributed by atoms with E-state index in [4.69, 9.17) is 0 Å². The molecule has 1 aliphatic rings. The molecule has 1 aliphatic carbocycles. The van der Waals surface area contributed by atoms with Crippen LogP contribution in [0.2, 0.25) is 0 Å². The normalized spacial score (nSPS) is 13.7. The van der Waals surface area contributed by atoms with Gasteiger partial charge in [-0.1, -0.05) is 22.0 Å². The Morgan fingerprint density at radius 2 is 1.90 bits per heavy atom. The lowest BCUT2D eigenvalue weighted by Crippen LogP contribution is -2.35. The van der Waals surface area contributed by atoms with Gasteiger partial charge >= 0.3 is 0 Å². The van der Waals surface area contributed by atoms with Crippen molar-refractivity contribution in [1.29, 1.82) is 0 Å². The Morgan fingerprint density at radius 3 is 2.57 bits per heavy atom. The number of hydrogen-bond donors (Lipinski definition) is 2. The molecule has 0 spiro atoms. The van der Waals surface area contributed by atoms with Gasteiger partial charge in [0.25, 0.3) is 5.91 Å². The maximum Gasteiger partial charge on any atom is 0.254 e. The van der Waals surface area contributed by atoms with Gasteiger partial charge in [-0.05, 0) is 67.6 Å². The van der Waals surface area contributed by atoms with E-state index in [1.807, 2.05) is 19.1 Å². The average Bonchev–Trinajstić information content (AvgIpc) is 3.53. The van der Waals surface area contributed by atoms with Gasteiger partial charge in [-0.15, -0.1) is 0 Å². The number of carbonyl (C=O) groups excluding carboxylic acids is 2. The zero-order chi connectivity index (χ0) is 21.9. The van der Waals surface area contributed by atoms with Crippen molar-refractivity contribution in [2.24, 2.45) is 5.92 Å². The first kappa shape index (κ1) is 22.5. The zero-order valence-electron chi connectivity index (χ0n) is 16.8. The van der Waals surface area contributed by atoms with E-state index < -0.39 is 15.9 Å². The highest BCUT2D eigenvalue weighted by atomic mass is 79.9. The van der Waals surface area contributed by atoms with Gasteiger partial charge in [0.15, 0.2) is 0 Å². The van der Waals surface area contributed by atoms with Crippen molar-refractivity contribution in [2.45, 2.75) is 24.7 Å². The summed E-state index contributed by atoms with van der Waals surface area (Å²) in [6.07, 6.45) is 2.07. The number of benzene rings is 2. The van der Waals surface area contributed by atoms with Gasteiger partial charge in [0.05, 0.1) is 11.4 Å². The van der Waals surface area contributed by atoms with Crippen molar-refractivity contribution in [3.8, 4) is 0 Å². The molecule has 2 aromatic rings. The minimum atomic E-state index is -3.67. The first-order chi connectivity index (χ1) is 14.2. The largest absolute Gasteiger partial charge is 0.332 e. The van der Waals surface area contributed by atoms with Crippen molar-refractivity contribution in [1.82, 2.24) is 9.62 Å². The molecule has 2 N–H and O–H groups in total. The third-order valence-corrected chi connectivity index (χ3v) is 6.75. The van der Waals surface area contributed by atoms with Crippen LogP contribution in [0.25, 0.3) is 0 Å². The van der Waals surface area contributed by atoms with E-state index in [1.165, 1.54) is 36.2 Å². The number of hydrogen-bond acceptors (Lipinski definition) is 4. The van der Waals surface area contributed by atoms with Crippen LogP contribution in [0.5, 0.6) is 0 Å². The van der Waals surface area contributed by atoms with E-state index in [0.717, 1.165) is 22.9 Å². The first-order valence-electron chi connectivity index (χ1n) is 9.57. The van der Waals surface area contributed by atoms with Crippen molar-refractivity contribution in [3.05, 3.63) is 58.1 Å². The molecule has 3 rings (SSSR count). The molecular weight excluding hydrogens is 470 g/mol. The van der Waals surface area contributed by atoms with Crippen LogP contribution in [0, 0.1) is 12.8 Å². The maximum absolute atomic E-state index is 12.7. The summed E-state index contributed by atoms with van der Waals surface area (Å²) in [6, 6.07) is 11.3. The van der Waals surface area contributed by atoms with Gasteiger partial charge in [-0.2, -0.15) is 0 Å². The number of amides is 2. The van der Waals surface area contributed by atoms with Crippen molar-refractivity contribution in [3.63, 3.8) is 0 Å². The maximum atomic E-state index is 12.7. The molecule has 0 aliphatic heterocycles. The molecule has 7 nitrogen and oxygen atoms in total. The average molecular weight is 494 g/mol. The van der Waals surface area contributed by atoms with E-state index in [0.29, 0.717) is 18.2 Å². The van der Waals surface area contributed by atoms with Gasteiger partial charge in [-0.25, -0.2) is 13.1 Å². The van der Waals surface area contributed by atoms with Crippen LogP contribution in [-0.2, 0) is 14.8 Å². The Morgan fingerprint density at radius 1 is 1.17 bits per heavy atom. The molecule has 2 amide bonds. The molecule has 0 bridgehead atoms. The summed E-state index contributed by atoms with van der Waals surface area (Å²) in [5.74, 6) is -0.369. The number of halogens is 1. The molecular formula is C21H24BrN3O4S. The number of rotatable bonds is 8. The number of anilines is 1. The molecule has 1 saturated carbocycles. The Bertz CT molecular complexity index is 1070. The van der Waals surface area contributed by atoms with Crippen molar-refractivity contribution < 1.29 is 18.0 Å². The van der Waals surface area contributed by atoms with Gasteiger partial charge in [0.1, 0.15) is 0 Å². The second-order valence-electron chi connectivity index (χ2n) is 7.49. The highest BCUT2D eigenvalue weighted by Crippen LogP contribution is 2.28. The van der Waals surface area contributed by atoms with E-state index >= 15 is 0 Å². The highest BCUT2D eigenvalue weighted by molar-refractivity contribution is 9.10. The van der Waals surface area contributed by atoms with Crippen LogP contribution in [0.1, 0.15) is 28.8 Å². The zero-order valence-corrected chi connectivity index (χ0v) is 19.2.